The first-order valence-corrected chi connectivity index (χ1v) is 10.4. The second kappa shape index (κ2) is 9.96. The van der Waals surface area contributed by atoms with Crippen LogP contribution in [0.5, 0.6) is 5.75 Å². The van der Waals surface area contributed by atoms with E-state index >= 15 is 0 Å². The fourth-order valence-corrected chi connectivity index (χ4v) is 3.46. The predicted octanol–water partition coefficient (Wildman–Crippen LogP) is 3.78. The van der Waals surface area contributed by atoms with Gasteiger partial charge in [0.2, 0.25) is 0 Å². The molecular formula is C26H29NO5. The molecule has 0 aliphatic rings. The van der Waals surface area contributed by atoms with Crippen molar-refractivity contribution in [2.45, 2.75) is 38.5 Å². The monoisotopic (exact) mass is 435 g/mol. The van der Waals surface area contributed by atoms with Crippen molar-refractivity contribution in [3.63, 3.8) is 0 Å². The Labute approximate surface area is 187 Å². The largest absolute Gasteiger partial charge is 0.489 e. The van der Waals surface area contributed by atoms with Crippen molar-refractivity contribution in [3.8, 4) is 16.9 Å². The van der Waals surface area contributed by atoms with Gasteiger partial charge in [-0.2, -0.15) is 0 Å². The number of nitrogens with two attached hydrogens (primary N) is 1. The lowest BCUT2D eigenvalue weighted by Crippen LogP contribution is -2.16. The van der Waals surface area contributed by atoms with Crippen LogP contribution < -0.4 is 10.5 Å². The molecule has 6 heteroatoms. The minimum absolute atomic E-state index is 0.122. The molecule has 1 atom stereocenters. The minimum atomic E-state index is -1.06. The number of carbonyl (C=O) groups is 1. The zero-order chi connectivity index (χ0) is 23.3. The summed E-state index contributed by atoms with van der Waals surface area (Å²) < 4.78 is 5.96. The molecule has 3 aromatic rings. The maximum atomic E-state index is 11.1. The Balaban J connectivity index is 1.95. The van der Waals surface area contributed by atoms with Crippen LogP contribution in [0.1, 0.15) is 42.1 Å². The molecule has 0 heterocycles. The van der Waals surface area contributed by atoms with Crippen molar-refractivity contribution in [1.29, 1.82) is 0 Å². The average molecular weight is 436 g/mol. The molecular weight excluding hydrogens is 406 g/mol. The fourth-order valence-electron chi connectivity index (χ4n) is 3.46. The highest BCUT2D eigenvalue weighted by atomic mass is 16.5. The summed E-state index contributed by atoms with van der Waals surface area (Å²) in [6.07, 6.45) is -0.122. The van der Waals surface area contributed by atoms with E-state index in [4.69, 9.17) is 15.6 Å². The molecule has 0 unspecified atom stereocenters. The highest BCUT2D eigenvalue weighted by Crippen LogP contribution is 2.30. The molecule has 0 aliphatic carbocycles. The third kappa shape index (κ3) is 5.95. The predicted molar refractivity (Wildman–Crippen MR) is 123 cm³/mol. The lowest BCUT2D eigenvalue weighted by atomic mass is 9.91. The first-order chi connectivity index (χ1) is 15.2. The maximum Gasteiger partial charge on any atom is 0.307 e. The van der Waals surface area contributed by atoms with Crippen LogP contribution in [0.4, 0.5) is 0 Å². The third-order valence-electron chi connectivity index (χ3n) is 5.25. The molecule has 32 heavy (non-hydrogen) atoms. The highest BCUT2D eigenvalue weighted by molar-refractivity contribution is 5.71. The van der Waals surface area contributed by atoms with Crippen LogP contribution in [0.15, 0.2) is 66.7 Å². The van der Waals surface area contributed by atoms with Crippen LogP contribution in [0.2, 0.25) is 0 Å². The van der Waals surface area contributed by atoms with E-state index in [1.54, 1.807) is 38.1 Å². The van der Waals surface area contributed by atoms with E-state index in [1.165, 1.54) is 0 Å². The first kappa shape index (κ1) is 23.5. The van der Waals surface area contributed by atoms with E-state index in [0.717, 1.165) is 27.8 Å². The van der Waals surface area contributed by atoms with Crippen LogP contribution in [-0.2, 0) is 23.4 Å². The zero-order valence-electron chi connectivity index (χ0n) is 18.3. The summed E-state index contributed by atoms with van der Waals surface area (Å²) in [5.41, 5.74) is 9.69. The smallest absolute Gasteiger partial charge is 0.307 e. The van der Waals surface area contributed by atoms with Gasteiger partial charge in [-0.1, -0.05) is 36.4 Å². The Bertz CT molecular complexity index is 1090. The van der Waals surface area contributed by atoms with Gasteiger partial charge in [0.15, 0.2) is 0 Å². The third-order valence-corrected chi connectivity index (χ3v) is 5.25. The van der Waals surface area contributed by atoms with Gasteiger partial charge in [0.1, 0.15) is 12.4 Å². The van der Waals surface area contributed by atoms with Gasteiger partial charge < -0.3 is 25.8 Å². The lowest BCUT2D eigenvalue weighted by Gasteiger charge is -2.21. The number of para-hydroxylation sites is 1. The van der Waals surface area contributed by atoms with Crippen molar-refractivity contribution in [1.82, 2.24) is 0 Å². The van der Waals surface area contributed by atoms with E-state index in [9.17, 15) is 15.0 Å². The SMILES string of the molecule is CC(C)(O)c1cc(COc2ccccc2CC(=O)O)cc(-c2cccc([C@H](N)CO)c2)c1. The van der Waals surface area contributed by atoms with Crippen molar-refractivity contribution >= 4 is 5.97 Å². The molecule has 3 aromatic carbocycles. The van der Waals surface area contributed by atoms with Crippen molar-refractivity contribution in [2.24, 2.45) is 5.73 Å². The Hall–Kier alpha value is -3.19. The van der Waals surface area contributed by atoms with Gasteiger partial charge in [-0.25, -0.2) is 0 Å². The fraction of sp³-hybridized carbons (Fsp3) is 0.269. The molecule has 6 nitrogen and oxygen atoms in total. The summed E-state index contributed by atoms with van der Waals surface area (Å²) in [6, 6.07) is 20.0. The zero-order valence-corrected chi connectivity index (χ0v) is 18.3. The van der Waals surface area contributed by atoms with Crippen LogP contribution in [-0.4, -0.2) is 27.9 Å². The van der Waals surface area contributed by atoms with Gasteiger partial charge in [0, 0.05) is 5.56 Å². The Kier molecular flexibility index (Phi) is 7.30. The summed E-state index contributed by atoms with van der Waals surface area (Å²) in [5.74, 6) is -0.408. The van der Waals surface area contributed by atoms with Gasteiger partial charge in [0.25, 0.3) is 0 Å². The Morgan fingerprint density at radius 3 is 2.47 bits per heavy atom. The maximum absolute atomic E-state index is 11.1. The van der Waals surface area contributed by atoms with Crippen molar-refractivity contribution in [2.75, 3.05) is 6.61 Å². The Morgan fingerprint density at radius 2 is 1.78 bits per heavy atom. The van der Waals surface area contributed by atoms with Gasteiger partial charge in [-0.05, 0) is 72.0 Å². The number of benzene rings is 3. The summed E-state index contributed by atoms with van der Waals surface area (Å²) in [6.45, 7) is 3.50. The van der Waals surface area contributed by atoms with E-state index < -0.39 is 17.6 Å². The normalized spacial score (nSPS) is 12.4. The molecule has 0 amide bonds. The van der Waals surface area contributed by atoms with Crippen LogP contribution in [0.3, 0.4) is 0 Å². The number of rotatable bonds is 9. The number of hydrogen-bond donors (Lipinski definition) is 4. The van der Waals surface area contributed by atoms with Crippen molar-refractivity contribution in [3.05, 3.63) is 89.0 Å². The first-order valence-electron chi connectivity index (χ1n) is 10.4. The average Bonchev–Trinajstić information content (AvgIpc) is 2.77. The summed E-state index contributed by atoms with van der Waals surface area (Å²) >= 11 is 0. The molecule has 168 valence electrons. The minimum Gasteiger partial charge on any atom is -0.489 e. The summed E-state index contributed by atoms with van der Waals surface area (Å²) in [4.78, 5) is 11.1. The molecule has 3 rings (SSSR count). The quantitative estimate of drug-likeness (QED) is 0.407. The molecule has 5 N–H and O–H groups in total. The van der Waals surface area contributed by atoms with E-state index in [1.807, 2.05) is 42.5 Å². The van der Waals surface area contributed by atoms with E-state index in [0.29, 0.717) is 11.3 Å². The molecule has 0 saturated heterocycles. The van der Waals surface area contributed by atoms with Crippen LogP contribution in [0.25, 0.3) is 11.1 Å². The Morgan fingerprint density at radius 1 is 1.03 bits per heavy atom. The second-order valence-corrected chi connectivity index (χ2v) is 8.36. The second-order valence-electron chi connectivity index (χ2n) is 8.36. The molecule has 0 aliphatic heterocycles. The number of hydrogen-bond acceptors (Lipinski definition) is 5. The van der Waals surface area contributed by atoms with Crippen LogP contribution >= 0.6 is 0 Å². The van der Waals surface area contributed by atoms with Gasteiger partial charge in [-0.3, -0.25) is 4.79 Å². The number of carboxylic acids is 1. The van der Waals surface area contributed by atoms with Gasteiger partial charge in [-0.15, -0.1) is 0 Å². The number of aliphatic carboxylic acids is 1. The number of ether oxygens (including phenoxy) is 1. The van der Waals surface area contributed by atoms with Crippen molar-refractivity contribution < 1.29 is 24.9 Å². The number of aliphatic hydroxyl groups is 2. The number of carboxylic acid groups (broad SMARTS) is 1. The summed E-state index contributed by atoms with van der Waals surface area (Å²) in [7, 11) is 0. The number of aliphatic hydroxyl groups excluding tert-OH is 1. The van der Waals surface area contributed by atoms with Crippen LogP contribution in [0, 0.1) is 0 Å². The lowest BCUT2D eigenvalue weighted by molar-refractivity contribution is -0.136. The molecule has 0 aromatic heterocycles. The molecule has 0 radical (unpaired) electrons. The van der Waals surface area contributed by atoms with Gasteiger partial charge >= 0.3 is 5.97 Å². The molecule has 0 bridgehead atoms. The molecule has 0 spiro atoms. The molecule has 0 fully saturated rings. The van der Waals surface area contributed by atoms with Gasteiger partial charge in [0.05, 0.1) is 24.7 Å². The topological polar surface area (TPSA) is 113 Å². The molecule has 0 saturated carbocycles. The van der Waals surface area contributed by atoms with E-state index in [2.05, 4.69) is 0 Å². The standard InChI is InChI=1S/C26H29NO5/c1-26(2,31)22-11-17(16-32-24-9-4-3-6-20(24)14-25(29)30)10-21(13-22)18-7-5-8-19(12-18)23(27)15-28/h3-13,23,28,31H,14-16,27H2,1-2H3,(H,29,30)/t23-/m1/s1. The summed E-state index contributed by atoms with van der Waals surface area (Å²) in [5, 5.41) is 29.2. The van der Waals surface area contributed by atoms with E-state index in [-0.39, 0.29) is 19.6 Å². The highest BCUT2D eigenvalue weighted by Gasteiger charge is 2.19.